The van der Waals surface area contributed by atoms with Gasteiger partial charge in [0.2, 0.25) is 0 Å². The maximum absolute atomic E-state index is 14.3. The Labute approximate surface area is 174 Å². The fraction of sp³-hybridized carbons (Fsp3) is 0.273. The minimum absolute atomic E-state index is 0.142. The molecule has 0 unspecified atom stereocenters. The van der Waals surface area contributed by atoms with Crippen LogP contribution in [0.2, 0.25) is 5.02 Å². The predicted octanol–water partition coefficient (Wildman–Crippen LogP) is 4.24. The number of nitrogens with zero attached hydrogens (tertiary/aromatic N) is 4. The van der Waals surface area contributed by atoms with Crippen LogP contribution >= 0.6 is 11.6 Å². The first-order chi connectivity index (χ1) is 13.9. The van der Waals surface area contributed by atoms with Crippen LogP contribution in [-0.2, 0) is 0 Å². The summed E-state index contributed by atoms with van der Waals surface area (Å²) < 4.78 is 15.7. The van der Waals surface area contributed by atoms with Gasteiger partial charge in [0.15, 0.2) is 0 Å². The molecule has 4 rings (SSSR count). The molecule has 1 fully saturated rings. The molecule has 1 amide bonds. The van der Waals surface area contributed by atoms with Crippen LogP contribution in [0.5, 0.6) is 0 Å². The molecule has 2 aromatic carbocycles. The summed E-state index contributed by atoms with van der Waals surface area (Å²) in [6, 6.07) is 13.9. The lowest BCUT2D eigenvalue weighted by atomic mass is 10.1. The number of benzene rings is 2. The smallest absolute Gasteiger partial charge is 0.272 e. The van der Waals surface area contributed by atoms with E-state index in [4.69, 9.17) is 11.6 Å². The molecule has 1 saturated heterocycles. The number of carbonyl (C=O) groups excluding carboxylic acids is 1. The maximum atomic E-state index is 14.3. The van der Waals surface area contributed by atoms with Gasteiger partial charge in [0.05, 0.1) is 5.69 Å². The molecule has 2 heterocycles. The number of amides is 1. The van der Waals surface area contributed by atoms with Gasteiger partial charge in [-0.25, -0.2) is 9.07 Å². The van der Waals surface area contributed by atoms with Gasteiger partial charge in [0.1, 0.15) is 17.2 Å². The zero-order valence-corrected chi connectivity index (χ0v) is 17.2. The zero-order chi connectivity index (χ0) is 20.5. The van der Waals surface area contributed by atoms with Crippen LogP contribution in [-0.4, -0.2) is 46.8 Å². The number of aromatic nitrogens is 2. The predicted molar refractivity (Wildman–Crippen MR) is 113 cm³/mol. The molecule has 1 aliphatic rings. The van der Waals surface area contributed by atoms with Crippen LogP contribution in [0.1, 0.15) is 21.7 Å². The van der Waals surface area contributed by atoms with E-state index < -0.39 is 5.82 Å². The Morgan fingerprint density at radius 1 is 1.00 bits per heavy atom. The number of para-hydroxylation sites is 1. The lowest BCUT2D eigenvalue weighted by Crippen LogP contribution is -2.49. The first-order valence-electron chi connectivity index (χ1n) is 9.56. The highest BCUT2D eigenvalue weighted by atomic mass is 35.5. The van der Waals surface area contributed by atoms with Gasteiger partial charge < -0.3 is 9.80 Å². The van der Waals surface area contributed by atoms with Crippen molar-refractivity contribution in [2.75, 3.05) is 31.1 Å². The number of rotatable bonds is 3. The summed E-state index contributed by atoms with van der Waals surface area (Å²) in [5, 5.41) is 5.05. The maximum Gasteiger partial charge on any atom is 0.272 e. The van der Waals surface area contributed by atoms with E-state index in [1.807, 2.05) is 18.2 Å². The van der Waals surface area contributed by atoms with Crippen molar-refractivity contribution >= 4 is 23.2 Å². The average Bonchev–Trinajstić information content (AvgIpc) is 3.11. The van der Waals surface area contributed by atoms with Crippen molar-refractivity contribution in [3.8, 4) is 5.69 Å². The first kappa shape index (κ1) is 19.5. The highest BCUT2D eigenvalue weighted by Crippen LogP contribution is 2.26. The minimum atomic E-state index is -0.411. The Hall–Kier alpha value is -2.86. The van der Waals surface area contributed by atoms with Crippen LogP contribution in [0.15, 0.2) is 48.5 Å². The molecule has 7 heteroatoms. The standard InChI is InChI=1S/C22H22ClFN4O/c1-15-7-8-17(23)14-20(15)26-9-11-27(12-10-26)22(29)21-13-16(2)25-28(21)19-6-4-3-5-18(19)24/h3-8,13-14H,9-12H2,1-2H3. The number of hydrogen-bond donors (Lipinski definition) is 0. The fourth-order valence-corrected chi connectivity index (χ4v) is 3.86. The van der Waals surface area contributed by atoms with Gasteiger partial charge in [-0.1, -0.05) is 29.8 Å². The summed E-state index contributed by atoms with van der Waals surface area (Å²) in [6.45, 7) is 6.42. The Morgan fingerprint density at radius 2 is 1.72 bits per heavy atom. The topological polar surface area (TPSA) is 41.4 Å². The Kier molecular flexibility index (Phi) is 5.28. The highest BCUT2D eigenvalue weighted by molar-refractivity contribution is 6.30. The fourth-order valence-electron chi connectivity index (χ4n) is 3.69. The van der Waals surface area contributed by atoms with E-state index in [9.17, 15) is 9.18 Å². The number of aryl methyl sites for hydroxylation is 2. The molecule has 1 aliphatic heterocycles. The number of anilines is 1. The molecule has 0 saturated carbocycles. The molecule has 1 aromatic heterocycles. The van der Waals surface area contributed by atoms with E-state index >= 15 is 0 Å². The molecule has 5 nitrogen and oxygen atoms in total. The van der Waals surface area contributed by atoms with Gasteiger partial charge in [-0.2, -0.15) is 5.10 Å². The van der Waals surface area contributed by atoms with Gasteiger partial charge in [-0.05, 0) is 49.7 Å². The summed E-state index contributed by atoms with van der Waals surface area (Å²) in [5.74, 6) is -0.554. The van der Waals surface area contributed by atoms with Gasteiger partial charge in [0, 0.05) is 36.9 Å². The highest BCUT2D eigenvalue weighted by Gasteiger charge is 2.26. The van der Waals surface area contributed by atoms with Crippen LogP contribution in [0.25, 0.3) is 5.69 Å². The van der Waals surface area contributed by atoms with E-state index in [2.05, 4.69) is 16.9 Å². The third kappa shape index (κ3) is 3.85. The van der Waals surface area contributed by atoms with Crippen LogP contribution in [0.3, 0.4) is 0 Å². The largest absolute Gasteiger partial charge is 0.368 e. The molecular formula is C22H22ClFN4O. The van der Waals surface area contributed by atoms with Crippen molar-refractivity contribution in [3.63, 3.8) is 0 Å². The lowest BCUT2D eigenvalue weighted by Gasteiger charge is -2.36. The molecule has 0 atom stereocenters. The average molecular weight is 413 g/mol. The SMILES string of the molecule is Cc1cc(C(=O)N2CCN(c3cc(Cl)ccc3C)CC2)n(-c2ccccc2F)n1. The van der Waals surface area contributed by atoms with E-state index in [-0.39, 0.29) is 11.6 Å². The third-order valence-corrected chi connectivity index (χ3v) is 5.45. The normalized spacial score (nSPS) is 14.3. The number of hydrogen-bond acceptors (Lipinski definition) is 3. The summed E-state index contributed by atoms with van der Waals surface area (Å²) >= 11 is 6.15. The summed E-state index contributed by atoms with van der Waals surface area (Å²) in [5.41, 5.74) is 3.57. The second-order valence-corrected chi connectivity index (χ2v) is 7.68. The monoisotopic (exact) mass is 412 g/mol. The van der Waals surface area contributed by atoms with E-state index in [1.165, 1.54) is 10.7 Å². The molecule has 0 bridgehead atoms. The lowest BCUT2D eigenvalue weighted by molar-refractivity contribution is 0.0737. The molecule has 0 N–H and O–H groups in total. The van der Waals surface area contributed by atoms with Gasteiger partial charge in [0.25, 0.3) is 5.91 Å². The van der Waals surface area contributed by atoms with E-state index in [1.54, 1.807) is 36.1 Å². The Balaban J connectivity index is 1.54. The molecule has 3 aromatic rings. The molecule has 0 radical (unpaired) electrons. The van der Waals surface area contributed by atoms with E-state index in [0.29, 0.717) is 42.6 Å². The number of piperazine rings is 1. The van der Waals surface area contributed by atoms with Crippen LogP contribution in [0, 0.1) is 19.7 Å². The second-order valence-electron chi connectivity index (χ2n) is 7.24. The summed E-state index contributed by atoms with van der Waals surface area (Å²) in [6.07, 6.45) is 0. The van der Waals surface area contributed by atoms with Crippen molar-refractivity contribution in [1.29, 1.82) is 0 Å². The van der Waals surface area contributed by atoms with Gasteiger partial charge in [-0.15, -0.1) is 0 Å². The summed E-state index contributed by atoms with van der Waals surface area (Å²) in [4.78, 5) is 17.2. The third-order valence-electron chi connectivity index (χ3n) is 5.21. The second kappa shape index (κ2) is 7.87. The van der Waals surface area contributed by atoms with Gasteiger partial charge in [-0.3, -0.25) is 4.79 Å². The van der Waals surface area contributed by atoms with Crippen LogP contribution < -0.4 is 4.90 Å². The van der Waals surface area contributed by atoms with Crippen molar-refractivity contribution in [1.82, 2.24) is 14.7 Å². The minimum Gasteiger partial charge on any atom is -0.368 e. The van der Waals surface area contributed by atoms with Crippen molar-refractivity contribution < 1.29 is 9.18 Å². The Bertz CT molecular complexity index is 1060. The van der Waals surface area contributed by atoms with Crippen molar-refractivity contribution in [2.45, 2.75) is 13.8 Å². The van der Waals surface area contributed by atoms with Gasteiger partial charge >= 0.3 is 0 Å². The van der Waals surface area contributed by atoms with Crippen molar-refractivity contribution in [2.24, 2.45) is 0 Å². The number of halogens is 2. The first-order valence-corrected chi connectivity index (χ1v) is 9.94. The summed E-state index contributed by atoms with van der Waals surface area (Å²) in [7, 11) is 0. The Morgan fingerprint density at radius 3 is 2.45 bits per heavy atom. The molecule has 29 heavy (non-hydrogen) atoms. The number of carbonyl (C=O) groups is 1. The molecule has 0 spiro atoms. The quantitative estimate of drug-likeness (QED) is 0.646. The zero-order valence-electron chi connectivity index (χ0n) is 16.4. The molecule has 150 valence electrons. The molecular weight excluding hydrogens is 391 g/mol. The molecule has 0 aliphatic carbocycles. The van der Waals surface area contributed by atoms with Crippen LogP contribution in [0.4, 0.5) is 10.1 Å². The van der Waals surface area contributed by atoms with E-state index in [0.717, 1.165) is 11.3 Å². The van der Waals surface area contributed by atoms with Crippen molar-refractivity contribution in [3.05, 3.63) is 76.3 Å².